The molecular weight excluding hydrogens is 244 g/mol. The summed E-state index contributed by atoms with van der Waals surface area (Å²) in [6.07, 6.45) is 2.30. The van der Waals surface area contributed by atoms with Crippen molar-refractivity contribution in [3.05, 3.63) is 48.1 Å². The molecule has 1 aromatic carbocycles. The molecule has 1 unspecified atom stereocenters. The molecule has 0 fully saturated rings. The summed E-state index contributed by atoms with van der Waals surface area (Å²) < 4.78 is 10.2. The minimum Gasteiger partial charge on any atom is -0.508 e. The van der Waals surface area contributed by atoms with Gasteiger partial charge in [0.05, 0.1) is 6.61 Å². The highest BCUT2D eigenvalue weighted by atomic mass is 16.7. The van der Waals surface area contributed by atoms with Crippen molar-refractivity contribution in [3.63, 3.8) is 0 Å². The Morgan fingerprint density at radius 2 is 2.05 bits per heavy atom. The third kappa shape index (κ3) is 6.43. The summed E-state index contributed by atoms with van der Waals surface area (Å²) in [6, 6.07) is 6.48. The third-order valence-electron chi connectivity index (χ3n) is 2.15. The Morgan fingerprint density at radius 1 is 1.42 bits per heavy atom. The average molecular weight is 262 g/mol. The SMILES string of the molecule is C=C(C)COC(C)OC(=O)/C=C/c1ccc(O)cc1. The predicted molar refractivity (Wildman–Crippen MR) is 73.5 cm³/mol. The van der Waals surface area contributed by atoms with E-state index >= 15 is 0 Å². The molecule has 102 valence electrons. The first-order valence-corrected chi connectivity index (χ1v) is 5.91. The Balaban J connectivity index is 2.42. The van der Waals surface area contributed by atoms with Gasteiger partial charge in [-0.3, -0.25) is 0 Å². The second-order valence-electron chi connectivity index (χ2n) is 4.20. The molecule has 0 amide bonds. The minimum atomic E-state index is -0.617. The van der Waals surface area contributed by atoms with Crippen molar-refractivity contribution >= 4 is 12.0 Å². The standard InChI is InChI=1S/C15H18O4/c1-11(2)10-18-12(3)19-15(17)9-6-13-4-7-14(16)8-5-13/h4-9,12,16H,1,10H2,2-3H3/b9-6+. The largest absolute Gasteiger partial charge is 0.508 e. The van der Waals surface area contributed by atoms with E-state index in [0.29, 0.717) is 6.61 Å². The summed E-state index contributed by atoms with van der Waals surface area (Å²) in [5.74, 6) is -0.302. The third-order valence-corrected chi connectivity index (χ3v) is 2.15. The van der Waals surface area contributed by atoms with Gasteiger partial charge in [-0.2, -0.15) is 0 Å². The average Bonchev–Trinajstić information content (AvgIpc) is 2.36. The maximum Gasteiger partial charge on any atom is 0.333 e. The highest BCUT2D eigenvalue weighted by molar-refractivity contribution is 5.87. The summed E-state index contributed by atoms with van der Waals surface area (Å²) in [5.41, 5.74) is 1.66. The van der Waals surface area contributed by atoms with E-state index in [0.717, 1.165) is 11.1 Å². The quantitative estimate of drug-likeness (QED) is 0.371. The van der Waals surface area contributed by atoms with Crippen LogP contribution in [-0.4, -0.2) is 24.0 Å². The van der Waals surface area contributed by atoms with E-state index in [1.165, 1.54) is 6.08 Å². The van der Waals surface area contributed by atoms with Crippen molar-refractivity contribution in [1.29, 1.82) is 0 Å². The Morgan fingerprint density at radius 3 is 2.63 bits per heavy atom. The second-order valence-corrected chi connectivity index (χ2v) is 4.20. The van der Waals surface area contributed by atoms with Crippen LogP contribution in [0.3, 0.4) is 0 Å². The van der Waals surface area contributed by atoms with Crippen molar-refractivity contribution in [2.24, 2.45) is 0 Å². The first kappa shape index (κ1) is 15.0. The van der Waals surface area contributed by atoms with Crippen LogP contribution in [0, 0.1) is 0 Å². The molecule has 0 heterocycles. The fourth-order valence-corrected chi connectivity index (χ4v) is 1.25. The number of aromatic hydroxyl groups is 1. The van der Waals surface area contributed by atoms with Gasteiger partial charge in [0.25, 0.3) is 0 Å². The van der Waals surface area contributed by atoms with E-state index in [1.807, 2.05) is 6.92 Å². The van der Waals surface area contributed by atoms with Gasteiger partial charge in [-0.15, -0.1) is 0 Å². The molecule has 1 rings (SSSR count). The molecule has 0 aromatic heterocycles. The Labute approximate surface area is 113 Å². The first-order chi connectivity index (χ1) is 8.97. The summed E-state index contributed by atoms with van der Waals surface area (Å²) in [7, 11) is 0. The normalized spacial score (nSPS) is 12.3. The summed E-state index contributed by atoms with van der Waals surface area (Å²) in [4.78, 5) is 11.5. The zero-order valence-electron chi connectivity index (χ0n) is 11.1. The van der Waals surface area contributed by atoms with Gasteiger partial charge >= 0.3 is 5.97 Å². The molecule has 19 heavy (non-hydrogen) atoms. The minimum absolute atomic E-state index is 0.182. The van der Waals surface area contributed by atoms with E-state index < -0.39 is 12.3 Å². The lowest BCUT2D eigenvalue weighted by Crippen LogP contribution is -2.17. The molecule has 0 bridgehead atoms. The number of phenols is 1. The van der Waals surface area contributed by atoms with E-state index in [9.17, 15) is 4.79 Å². The maximum atomic E-state index is 11.5. The molecule has 4 nitrogen and oxygen atoms in total. The topological polar surface area (TPSA) is 55.8 Å². The lowest BCUT2D eigenvalue weighted by atomic mass is 10.2. The first-order valence-electron chi connectivity index (χ1n) is 5.91. The number of benzene rings is 1. The van der Waals surface area contributed by atoms with Gasteiger partial charge in [-0.1, -0.05) is 24.3 Å². The van der Waals surface area contributed by atoms with Crippen LogP contribution in [0.2, 0.25) is 0 Å². The molecule has 4 heteroatoms. The molecule has 0 saturated heterocycles. The number of rotatable bonds is 6. The molecule has 0 aliphatic heterocycles. The van der Waals surface area contributed by atoms with Gasteiger partial charge in [0.1, 0.15) is 5.75 Å². The van der Waals surface area contributed by atoms with Gasteiger partial charge in [0.2, 0.25) is 6.29 Å². The molecule has 1 aromatic rings. The van der Waals surface area contributed by atoms with Gasteiger partial charge < -0.3 is 14.6 Å². The van der Waals surface area contributed by atoms with Crippen molar-refractivity contribution in [3.8, 4) is 5.75 Å². The summed E-state index contributed by atoms with van der Waals surface area (Å²) >= 11 is 0. The Kier molecular flexibility index (Phi) is 5.82. The van der Waals surface area contributed by atoms with E-state index in [1.54, 1.807) is 37.3 Å². The zero-order chi connectivity index (χ0) is 14.3. The van der Waals surface area contributed by atoms with Crippen LogP contribution in [0.5, 0.6) is 5.75 Å². The zero-order valence-corrected chi connectivity index (χ0v) is 11.1. The van der Waals surface area contributed by atoms with Crippen molar-refractivity contribution in [2.75, 3.05) is 6.61 Å². The smallest absolute Gasteiger partial charge is 0.333 e. The van der Waals surface area contributed by atoms with Gasteiger partial charge in [-0.25, -0.2) is 4.79 Å². The lowest BCUT2D eigenvalue weighted by Gasteiger charge is -2.12. The predicted octanol–water partition coefficient (Wildman–Crippen LogP) is 2.89. The van der Waals surface area contributed by atoms with Crippen LogP contribution in [0.25, 0.3) is 6.08 Å². The molecule has 1 atom stereocenters. The maximum absolute atomic E-state index is 11.5. The number of carbonyl (C=O) groups is 1. The molecular formula is C15H18O4. The number of carbonyl (C=O) groups excluding carboxylic acids is 1. The number of hydrogen-bond donors (Lipinski definition) is 1. The Bertz CT molecular complexity index is 460. The highest BCUT2D eigenvalue weighted by Gasteiger charge is 2.06. The van der Waals surface area contributed by atoms with Crippen molar-refractivity contribution in [1.82, 2.24) is 0 Å². The number of hydrogen-bond acceptors (Lipinski definition) is 4. The number of esters is 1. The molecule has 0 radical (unpaired) electrons. The van der Waals surface area contributed by atoms with Gasteiger partial charge in [0, 0.05) is 6.08 Å². The highest BCUT2D eigenvalue weighted by Crippen LogP contribution is 2.10. The fraction of sp³-hybridized carbons (Fsp3) is 0.267. The number of ether oxygens (including phenoxy) is 2. The monoisotopic (exact) mass is 262 g/mol. The lowest BCUT2D eigenvalue weighted by molar-refractivity contribution is -0.166. The van der Waals surface area contributed by atoms with Crippen LogP contribution in [0.4, 0.5) is 0 Å². The summed E-state index contributed by atoms with van der Waals surface area (Å²) in [6.45, 7) is 7.53. The summed E-state index contributed by atoms with van der Waals surface area (Å²) in [5, 5.41) is 9.12. The van der Waals surface area contributed by atoms with Crippen LogP contribution in [0.1, 0.15) is 19.4 Å². The van der Waals surface area contributed by atoms with Crippen LogP contribution in [-0.2, 0) is 14.3 Å². The molecule has 1 N–H and O–H groups in total. The van der Waals surface area contributed by atoms with E-state index in [4.69, 9.17) is 14.6 Å². The van der Waals surface area contributed by atoms with E-state index in [2.05, 4.69) is 6.58 Å². The van der Waals surface area contributed by atoms with Gasteiger partial charge in [-0.05, 0) is 37.6 Å². The second kappa shape index (κ2) is 7.38. The Hall–Kier alpha value is -2.07. The molecule has 0 spiro atoms. The number of phenolic OH excluding ortho intramolecular Hbond substituents is 1. The van der Waals surface area contributed by atoms with Crippen molar-refractivity contribution < 1.29 is 19.4 Å². The molecule has 0 aliphatic rings. The van der Waals surface area contributed by atoms with Crippen LogP contribution >= 0.6 is 0 Å². The molecule has 0 aliphatic carbocycles. The van der Waals surface area contributed by atoms with E-state index in [-0.39, 0.29) is 5.75 Å². The van der Waals surface area contributed by atoms with Crippen LogP contribution in [0.15, 0.2) is 42.5 Å². The van der Waals surface area contributed by atoms with Crippen LogP contribution < -0.4 is 0 Å². The van der Waals surface area contributed by atoms with Gasteiger partial charge in [0.15, 0.2) is 0 Å². The van der Waals surface area contributed by atoms with Crippen molar-refractivity contribution in [2.45, 2.75) is 20.1 Å². The fourth-order valence-electron chi connectivity index (χ4n) is 1.25. The molecule has 0 saturated carbocycles.